The number of hydrogen-bond acceptors (Lipinski definition) is 5. The van der Waals surface area contributed by atoms with E-state index < -0.39 is 5.97 Å². The van der Waals surface area contributed by atoms with Crippen molar-refractivity contribution in [1.29, 1.82) is 0 Å². The van der Waals surface area contributed by atoms with E-state index in [2.05, 4.69) is 5.10 Å². The van der Waals surface area contributed by atoms with Crippen molar-refractivity contribution in [2.75, 3.05) is 5.01 Å². The molecule has 1 aliphatic rings. The van der Waals surface area contributed by atoms with Crippen LogP contribution in [0.15, 0.2) is 82.0 Å². The second kappa shape index (κ2) is 7.77. The molecule has 0 bridgehead atoms. The molecule has 0 atom stereocenters. The van der Waals surface area contributed by atoms with Crippen molar-refractivity contribution < 1.29 is 18.7 Å². The molecule has 0 saturated heterocycles. The number of para-hydroxylation sites is 1. The molecule has 0 radical (unpaired) electrons. The average Bonchev–Trinajstić information content (AvgIpc) is 3.35. The van der Waals surface area contributed by atoms with Crippen LogP contribution in [0.2, 0.25) is 5.02 Å². The predicted molar refractivity (Wildman–Crippen MR) is 110 cm³/mol. The van der Waals surface area contributed by atoms with E-state index in [1.807, 2.05) is 30.3 Å². The van der Waals surface area contributed by atoms with Gasteiger partial charge >= 0.3 is 5.97 Å². The molecule has 1 amide bonds. The normalized spacial score (nSPS) is 15.0. The predicted octanol–water partition coefficient (Wildman–Crippen LogP) is 4.96. The summed E-state index contributed by atoms with van der Waals surface area (Å²) < 4.78 is 10.3. The standard InChI is InChI=1S/C22H15ClN2O4/c1-14-17(21(26)25(24-14)16-6-3-2-4-7-16)12-15-9-10-19(18(23)13-15)29-22(27)20-8-5-11-28-20/h2-13H,1H3/b17-12-. The molecule has 4 rings (SSSR count). The van der Waals surface area contributed by atoms with Crippen LogP contribution in [0.4, 0.5) is 5.69 Å². The number of benzene rings is 2. The van der Waals surface area contributed by atoms with Crippen molar-refractivity contribution in [1.82, 2.24) is 0 Å². The number of nitrogens with zero attached hydrogens (tertiary/aromatic N) is 2. The number of anilines is 1. The lowest BCUT2D eigenvalue weighted by molar-refractivity contribution is -0.114. The summed E-state index contributed by atoms with van der Waals surface area (Å²) in [6.07, 6.45) is 3.09. The van der Waals surface area contributed by atoms with Gasteiger partial charge in [0.05, 0.1) is 28.3 Å². The third-order valence-corrected chi connectivity index (χ3v) is 4.55. The molecule has 0 spiro atoms. The number of amides is 1. The van der Waals surface area contributed by atoms with E-state index in [0.29, 0.717) is 22.5 Å². The zero-order chi connectivity index (χ0) is 20.4. The van der Waals surface area contributed by atoms with Crippen LogP contribution in [0.5, 0.6) is 5.75 Å². The molecule has 29 heavy (non-hydrogen) atoms. The second-order valence-electron chi connectivity index (χ2n) is 6.25. The van der Waals surface area contributed by atoms with Crippen molar-refractivity contribution >= 4 is 41.0 Å². The molecule has 0 unspecified atom stereocenters. The van der Waals surface area contributed by atoms with Gasteiger partial charge < -0.3 is 9.15 Å². The highest BCUT2D eigenvalue weighted by molar-refractivity contribution is 6.33. The summed E-state index contributed by atoms with van der Waals surface area (Å²) in [4.78, 5) is 24.8. The number of carbonyl (C=O) groups is 2. The van der Waals surface area contributed by atoms with E-state index in [1.54, 1.807) is 37.3 Å². The maximum atomic E-state index is 12.8. The Balaban J connectivity index is 1.55. The Morgan fingerprint density at radius 2 is 1.93 bits per heavy atom. The minimum Gasteiger partial charge on any atom is -0.457 e. The molecule has 144 valence electrons. The molecule has 3 aromatic rings. The van der Waals surface area contributed by atoms with Gasteiger partial charge in [-0.1, -0.05) is 35.9 Å². The summed E-state index contributed by atoms with van der Waals surface area (Å²) in [6.45, 7) is 1.77. The Morgan fingerprint density at radius 3 is 2.62 bits per heavy atom. The highest BCUT2D eigenvalue weighted by atomic mass is 35.5. The zero-order valence-corrected chi connectivity index (χ0v) is 16.1. The quantitative estimate of drug-likeness (QED) is 0.349. The second-order valence-corrected chi connectivity index (χ2v) is 6.66. The number of hydrazone groups is 1. The van der Waals surface area contributed by atoms with Gasteiger partial charge in [-0.05, 0) is 55.0 Å². The van der Waals surface area contributed by atoms with Gasteiger partial charge in [0.2, 0.25) is 5.76 Å². The fraction of sp³-hybridized carbons (Fsp3) is 0.0455. The number of hydrogen-bond donors (Lipinski definition) is 0. The lowest BCUT2D eigenvalue weighted by Crippen LogP contribution is -2.21. The van der Waals surface area contributed by atoms with E-state index in [0.717, 1.165) is 0 Å². The fourth-order valence-electron chi connectivity index (χ4n) is 2.83. The van der Waals surface area contributed by atoms with Crippen molar-refractivity contribution in [2.24, 2.45) is 5.10 Å². The Kier molecular flexibility index (Phi) is 5.01. The first kappa shape index (κ1) is 18.7. The van der Waals surface area contributed by atoms with Crippen LogP contribution in [0.3, 0.4) is 0 Å². The number of ether oxygens (including phenoxy) is 1. The Morgan fingerprint density at radius 1 is 1.14 bits per heavy atom. The van der Waals surface area contributed by atoms with E-state index in [9.17, 15) is 9.59 Å². The smallest absolute Gasteiger partial charge is 0.379 e. The van der Waals surface area contributed by atoms with Crippen LogP contribution in [0, 0.1) is 0 Å². The van der Waals surface area contributed by atoms with Gasteiger partial charge in [0.1, 0.15) is 5.75 Å². The third-order valence-electron chi connectivity index (χ3n) is 4.26. The third kappa shape index (κ3) is 3.83. The van der Waals surface area contributed by atoms with Gasteiger partial charge in [-0.15, -0.1) is 0 Å². The molecule has 0 fully saturated rings. The van der Waals surface area contributed by atoms with Crippen LogP contribution >= 0.6 is 11.6 Å². The maximum Gasteiger partial charge on any atom is 0.379 e. The Bertz CT molecular complexity index is 1130. The maximum absolute atomic E-state index is 12.8. The molecule has 2 aromatic carbocycles. The molecular formula is C22H15ClN2O4. The SMILES string of the molecule is CC1=NN(c2ccccc2)C(=O)/C1=C\c1ccc(OC(=O)c2ccco2)c(Cl)c1. The van der Waals surface area contributed by atoms with Crippen molar-refractivity contribution in [3.63, 3.8) is 0 Å². The number of rotatable bonds is 4. The molecular weight excluding hydrogens is 392 g/mol. The Hall–Kier alpha value is -3.64. The van der Waals surface area contributed by atoms with E-state index in [1.165, 1.54) is 17.3 Å². The first-order chi connectivity index (χ1) is 14.0. The van der Waals surface area contributed by atoms with Crippen molar-refractivity contribution in [3.05, 3.63) is 88.8 Å². The van der Waals surface area contributed by atoms with Gasteiger partial charge in [0.25, 0.3) is 5.91 Å². The van der Waals surface area contributed by atoms with Gasteiger partial charge in [0.15, 0.2) is 0 Å². The molecule has 0 aliphatic carbocycles. The first-order valence-electron chi connectivity index (χ1n) is 8.75. The van der Waals surface area contributed by atoms with Crippen LogP contribution in [0.1, 0.15) is 23.0 Å². The van der Waals surface area contributed by atoms with E-state index in [4.69, 9.17) is 20.8 Å². The van der Waals surface area contributed by atoms with Crippen LogP contribution < -0.4 is 9.75 Å². The number of esters is 1. The molecule has 2 heterocycles. The van der Waals surface area contributed by atoms with Crippen LogP contribution in [0.25, 0.3) is 6.08 Å². The molecule has 0 saturated carbocycles. The summed E-state index contributed by atoms with van der Waals surface area (Å²) >= 11 is 6.25. The zero-order valence-electron chi connectivity index (χ0n) is 15.3. The minimum atomic E-state index is -0.643. The van der Waals surface area contributed by atoms with Crippen LogP contribution in [-0.4, -0.2) is 17.6 Å². The van der Waals surface area contributed by atoms with Crippen LogP contribution in [-0.2, 0) is 4.79 Å². The summed E-state index contributed by atoms with van der Waals surface area (Å²) in [7, 11) is 0. The van der Waals surface area contributed by atoms with Gasteiger partial charge in [-0.25, -0.2) is 4.79 Å². The van der Waals surface area contributed by atoms with Gasteiger partial charge in [0, 0.05) is 0 Å². The lowest BCUT2D eigenvalue weighted by atomic mass is 10.1. The Labute approximate surface area is 171 Å². The van der Waals surface area contributed by atoms with Gasteiger partial charge in [-0.3, -0.25) is 4.79 Å². The largest absolute Gasteiger partial charge is 0.457 e. The minimum absolute atomic E-state index is 0.0802. The van der Waals surface area contributed by atoms with Crippen molar-refractivity contribution in [2.45, 2.75) is 6.92 Å². The summed E-state index contributed by atoms with van der Waals surface area (Å²) in [5.74, 6) is -0.588. The summed E-state index contributed by atoms with van der Waals surface area (Å²) in [6, 6.07) is 17.2. The fourth-order valence-corrected chi connectivity index (χ4v) is 3.06. The highest BCUT2D eigenvalue weighted by Gasteiger charge is 2.28. The monoisotopic (exact) mass is 406 g/mol. The topological polar surface area (TPSA) is 72.1 Å². The summed E-state index contributed by atoms with van der Waals surface area (Å²) in [5, 5.41) is 5.94. The lowest BCUT2D eigenvalue weighted by Gasteiger charge is -2.11. The molecule has 0 N–H and O–H groups in total. The highest BCUT2D eigenvalue weighted by Crippen LogP contribution is 2.29. The van der Waals surface area contributed by atoms with Gasteiger partial charge in [-0.2, -0.15) is 10.1 Å². The molecule has 7 heteroatoms. The molecule has 1 aliphatic heterocycles. The summed E-state index contributed by atoms with van der Waals surface area (Å²) in [5.41, 5.74) is 2.44. The number of carbonyl (C=O) groups excluding carboxylic acids is 2. The van der Waals surface area contributed by atoms with Crippen molar-refractivity contribution in [3.8, 4) is 5.75 Å². The number of halogens is 1. The molecule has 6 nitrogen and oxygen atoms in total. The number of furan rings is 1. The average molecular weight is 407 g/mol. The van der Waals surface area contributed by atoms with E-state index >= 15 is 0 Å². The first-order valence-corrected chi connectivity index (χ1v) is 9.13. The van der Waals surface area contributed by atoms with E-state index in [-0.39, 0.29) is 22.4 Å². The molecule has 1 aromatic heterocycles.